The van der Waals surface area contributed by atoms with Crippen LogP contribution < -0.4 is 21.7 Å². The first-order valence-corrected chi connectivity index (χ1v) is 12.6. The Morgan fingerprint density at radius 1 is 0.619 bits per heavy atom. The van der Waals surface area contributed by atoms with E-state index in [4.69, 9.17) is 15.9 Å². The fourth-order valence-electron chi connectivity index (χ4n) is 3.76. The molecule has 4 unspecified atom stereocenters. The Morgan fingerprint density at radius 3 is 1.40 bits per heavy atom. The summed E-state index contributed by atoms with van der Waals surface area (Å²) in [6.07, 6.45) is -1.92. The number of carboxylic acid groups (broad SMARTS) is 3. The lowest BCUT2D eigenvalue weighted by atomic mass is 10.0. The molecule has 0 saturated heterocycles. The van der Waals surface area contributed by atoms with Crippen LogP contribution in [-0.2, 0) is 41.6 Å². The minimum atomic E-state index is -1.81. The average Bonchev–Trinajstić information content (AvgIpc) is 2.92. The maximum absolute atomic E-state index is 13.5. The maximum atomic E-state index is 13.5. The van der Waals surface area contributed by atoms with Crippen molar-refractivity contribution in [3.05, 3.63) is 59.7 Å². The molecule has 0 aromatic heterocycles. The van der Waals surface area contributed by atoms with Crippen molar-refractivity contribution in [3.8, 4) is 11.5 Å². The molecule has 0 fully saturated rings. The van der Waals surface area contributed by atoms with Crippen molar-refractivity contribution in [2.24, 2.45) is 5.73 Å². The number of amides is 3. The Hall–Kier alpha value is -5.18. The molecule has 10 N–H and O–H groups in total. The van der Waals surface area contributed by atoms with Crippen molar-refractivity contribution in [1.82, 2.24) is 16.0 Å². The molecule has 0 heterocycles. The van der Waals surface area contributed by atoms with Gasteiger partial charge in [0.2, 0.25) is 17.7 Å². The molecule has 4 atom stereocenters. The van der Waals surface area contributed by atoms with E-state index >= 15 is 0 Å². The predicted molar refractivity (Wildman–Crippen MR) is 144 cm³/mol. The average molecular weight is 589 g/mol. The van der Waals surface area contributed by atoms with Gasteiger partial charge in [-0.15, -0.1) is 0 Å². The van der Waals surface area contributed by atoms with Crippen molar-refractivity contribution in [1.29, 1.82) is 0 Å². The summed E-state index contributed by atoms with van der Waals surface area (Å²) in [6, 6.07) is 5.29. The zero-order valence-electron chi connectivity index (χ0n) is 22.2. The molecule has 0 aliphatic rings. The summed E-state index contributed by atoms with van der Waals surface area (Å²) in [7, 11) is 0. The van der Waals surface area contributed by atoms with Crippen LogP contribution in [0.5, 0.6) is 11.5 Å². The van der Waals surface area contributed by atoms with E-state index in [0.29, 0.717) is 11.1 Å². The zero-order chi connectivity index (χ0) is 31.4. The predicted octanol–water partition coefficient (Wildman–Crippen LogP) is -0.911. The second kappa shape index (κ2) is 15.6. The molecule has 0 aliphatic heterocycles. The van der Waals surface area contributed by atoms with Crippen LogP contribution in [-0.4, -0.2) is 85.3 Å². The van der Waals surface area contributed by atoms with E-state index < -0.39 is 72.6 Å². The number of carbonyl (C=O) groups excluding carboxylic acids is 3. The number of aliphatic carboxylic acids is 3. The standard InChI is InChI=1S/C27H32N4O11/c28-18(9-10-22(34)35)24(38)29-19(11-14-1-5-16(32)6-2-14)25(39)30-20(12-15-3-7-17(33)8-4-15)26(40)31-21(27(41)42)13-23(36)37/h1-8,18-21,32-33H,9-13,28H2,(H,29,38)(H,30,39)(H,31,40)(H,34,35)(H,36,37)(H,41,42). The number of nitrogens with one attached hydrogen (secondary N) is 3. The molecule has 0 aliphatic carbocycles. The van der Waals surface area contributed by atoms with Gasteiger partial charge in [0, 0.05) is 19.3 Å². The number of phenolic OH excluding ortho intramolecular Hbond substituents is 2. The van der Waals surface area contributed by atoms with Gasteiger partial charge in [0.15, 0.2) is 0 Å². The van der Waals surface area contributed by atoms with E-state index in [1.54, 1.807) is 0 Å². The van der Waals surface area contributed by atoms with Crippen LogP contribution in [0.3, 0.4) is 0 Å². The van der Waals surface area contributed by atoms with Crippen LogP contribution >= 0.6 is 0 Å². The van der Waals surface area contributed by atoms with E-state index in [9.17, 15) is 44.1 Å². The lowest BCUT2D eigenvalue weighted by Crippen LogP contribution is -2.58. The molecule has 3 amide bonds. The maximum Gasteiger partial charge on any atom is 0.326 e. The number of nitrogens with two attached hydrogens (primary N) is 1. The van der Waals surface area contributed by atoms with Gasteiger partial charge in [-0.1, -0.05) is 24.3 Å². The minimum Gasteiger partial charge on any atom is -0.508 e. The molecule has 2 aromatic carbocycles. The largest absolute Gasteiger partial charge is 0.508 e. The second-order valence-corrected chi connectivity index (χ2v) is 9.40. The Balaban J connectivity index is 2.34. The molecule has 0 radical (unpaired) electrons. The van der Waals surface area contributed by atoms with Gasteiger partial charge >= 0.3 is 17.9 Å². The van der Waals surface area contributed by atoms with Crippen LogP contribution in [0.1, 0.15) is 30.4 Å². The number of carbonyl (C=O) groups is 6. The highest BCUT2D eigenvalue weighted by molar-refractivity contribution is 5.95. The summed E-state index contributed by atoms with van der Waals surface area (Å²) in [4.78, 5) is 72.8. The summed E-state index contributed by atoms with van der Waals surface area (Å²) in [6.45, 7) is 0. The highest BCUT2D eigenvalue weighted by Crippen LogP contribution is 2.14. The Morgan fingerprint density at radius 2 is 1.02 bits per heavy atom. The molecule has 2 rings (SSSR count). The lowest BCUT2D eigenvalue weighted by Gasteiger charge is -2.25. The van der Waals surface area contributed by atoms with Gasteiger partial charge in [0.25, 0.3) is 0 Å². The fraction of sp³-hybridized carbons (Fsp3) is 0.333. The fourth-order valence-corrected chi connectivity index (χ4v) is 3.76. The second-order valence-electron chi connectivity index (χ2n) is 9.40. The van der Waals surface area contributed by atoms with Gasteiger partial charge in [0.1, 0.15) is 29.6 Å². The van der Waals surface area contributed by atoms with Gasteiger partial charge in [-0.3, -0.25) is 24.0 Å². The van der Waals surface area contributed by atoms with Crippen molar-refractivity contribution < 1.29 is 54.3 Å². The molecule has 0 spiro atoms. The topological polar surface area (TPSA) is 266 Å². The lowest BCUT2D eigenvalue weighted by molar-refractivity contribution is -0.147. The van der Waals surface area contributed by atoms with Gasteiger partial charge < -0.3 is 47.2 Å². The first kappa shape index (κ1) is 33.0. The third-order valence-corrected chi connectivity index (χ3v) is 6.02. The van der Waals surface area contributed by atoms with E-state index in [1.807, 2.05) is 0 Å². The van der Waals surface area contributed by atoms with Crippen molar-refractivity contribution in [2.45, 2.75) is 56.3 Å². The zero-order valence-corrected chi connectivity index (χ0v) is 22.2. The SMILES string of the molecule is NC(CCC(=O)O)C(=O)NC(Cc1ccc(O)cc1)C(=O)NC(Cc1ccc(O)cc1)C(=O)NC(CC(=O)O)C(=O)O. The third kappa shape index (κ3) is 11.1. The van der Waals surface area contributed by atoms with E-state index in [-0.39, 0.29) is 30.8 Å². The smallest absolute Gasteiger partial charge is 0.326 e. The molecular formula is C27H32N4O11. The Kier molecular flexibility index (Phi) is 12.2. The molecule has 226 valence electrons. The monoisotopic (exact) mass is 588 g/mol. The number of phenols is 2. The first-order chi connectivity index (χ1) is 19.7. The summed E-state index contributed by atoms with van der Waals surface area (Å²) in [5.74, 6) is -7.19. The van der Waals surface area contributed by atoms with E-state index in [0.717, 1.165) is 0 Å². The molecule has 0 saturated carbocycles. The normalized spacial score (nSPS) is 13.5. The third-order valence-electron chi connectivity index (χ3n) is 6.02. The summed E-state index contributed by atoms with van der Waals surface area (Å²) in [5.41, 5.74) is 6.71. The number of hydrogen-bond acceptors (Lipinski definition) is 9. The molecule has 15 heteroatoms. The van der Waals surface area contributed by atoms with Crippen molar-refractivity contribution in [2.75, 3.05) is 0 Å². The van der Waals surface area contributed by atoms with E-state index in [1.165, 1.54) is 48.5 Å². The minimum absolute atomic E-state index is 0.0561. The van der Waals surface area contributed by atoms with Crippen LogP contribution in [0.4, 0.5) is 0 Å². The Bertz CT molecular complexity index is 1280. The van der Waals surface area contributed by atoms with Gasteiger partial charge in [-0.2, -0.15) is 0 Å². The van der Waals surface area contributed by atoms with Crippen LogP contribution in [0, 0.1) is 0 Å². The number of hydrogen-bond donors (Lipinski definition) is 9. The van der Waals surface area contributed by atoms with Crippen molar-refractivity contribution >= 4 is 35.6 Å². The highest BCUT2D eigenvalue weighted by atomic mass is 16.4. The Labute approximate surface area is 239 Å². The molecule has 42 heavy (non-hydrogen) atoms. The van der Waals surface area contributed by atoms with Crippen LogP contribution in [0.15, 0.2) is 48.5 Å². The van der Waals surface area contributed by atoms with Gasteiger partial charge in [-0.05, 0) is 41.8 Å². The number of carboxylic acids is 3. The van der Waals surface area contributed by atoms with Crippen LogP contribution in [0.2, 0.25) is 0 Å². The van der Waals surface area contributed by atoms with E-state index in [2.05, 4.69) is 16.0 Å². The summed E-state index contributed by atoms with van der Waals surface area (Å²) in [5, 5.41) is 53.4. The number of aromatic hydroxyl groups is 2. The summed E-state index contributed by atoms with van der Waals surface area (Å²) < 4.78 is 0. The highest BCUT2D eigenvalue weighted by Gasteiger charge is 2.31. The van der Waals surface area contributed by atoms with Crippen LogP contribution in [0.25, 0.3) is 0 Å². The number of benzene rings is 2. The number of rotatable bonds is 16. The molecule has 0 bridgehead atoms. The van der Waals surface area contributed by atoms with Crippen molar-refractivity contribution in [3.63, 3.8) is 0 Å². The van der Waals surface area contributed by atoms with Gasteiger partial charge in [0.05, 0.1) is 12.5 Å². The summed E-state index contributed by atoms with van der Waals surface area (Å²) >= 11 is 0. The molecule has 15 nitrogen and oxygen atoms in total. The molecular weight excluding hydrogens is 556 g/mol. The molecule has 2 aromatic rings. The quantitative estimate of drug-likeness (QED) is 0.115. The van der Waals surface area contributed by atoms with Gasteiger partial charge in [-0.25, -0.2) is 4.79 Å². The first-order valence-electron chi connectivity index (χ1n) is 12.6.